The fourth-order valence-corrected chi connectivity index (χ4v) is 1.16. The van der Waals surface area contributed by atoms with Gasteiger partial charge in [-0.1, -0.05) is 0 Å². The molecule has 1 aliphatic heterocycles. The van der Waals surface area contributed by atoms with Crippen molar-refractivity contribution in [2.24, 2.45) is 0 Å². The summed E-state index contributed by atoms with van der Waals surface area (Å²) in [6.45, 7) is 0. The van der Waals surface area contributed by atoms with Crippen molar-refractivity contribution in [1.82, 2.24) is 0 Å². The Labute approximate surface area is 56.7 Å². The van der Waals surface area contributed by atoms with Crippen molar-refractivity contribution in [3.63, 3.8) is 0 Å². The second kappa shape index (κ2) is 2.19. The number of carboxylic acid groups (broad SMARTS) is 1. The summed E-state index contributed by atoms with van der Waals surface area (Å²) in [7, 11) is -3.84. The third-order valence-corrected chi connectivity index (χ3v) is 1.69. The Morgan fingerprint density at radius 3 is 2.30 bits per heavy atom. The van der Waals surface area contributed by atoms with Crippen LogP contribution in [0.5, 0.6) is 0 Å². The van der Waals surface area contributed by atoms with Crippen LogP contribution in [-0.2, 0) is 23.6 Å². The lowest BCUT2D eigenvalue weighted by atomic mass is 10.4. The highest BCUT2D eigenvalue weighted by Crippen LogP contribution is 2.20. The fourth-order valence-electron chi connectivity index (χ4n) is 0.481. The summed E-state index contributed by atoms with van der Waals surface area (Å²) in [4.78, 5) is 9.86. The van der Waals surface area contributed by atoms with E-state index in [4.69, 9.17) is 5.11 Å². The molecule has 1 fully saturated rings. The van der Waals surface area contributed by atoms with Crippen molar-refractivity contribution in [3.05, 3.63) is 0 Å². The van der Waals surface area contributed by atoms with Gasteiger partial charge in [0.05, 0.1) is 6.42 Å². The summed E-state index contributed by atoms with van der Waals surface area (Å²) in [6.07, 6.45) is -1.60. The maximum atomic E-state index is 10.0. The van der Waals surface area contributed by atoms with Crippen LogP contribution in [0.15, 0.2) is 0 Å². The SMILES string of the molecule is O=C(O)CC1OS(=O)(=O)O1. The molecule has 1 saturated heterocycles. The minimum absolute atomic E-state index is 0.459. The zero-order valence-corrected chi connectivity index (χ0v) is 5.50. The lowest BCUT2D eigenvalue weighted by molar-refractivity contribution is -0.149. The van der Waals surface area contributed by atoms with Crippen LogP contribution in [0.1, 0.15) is 6.42 Å². The smallest absolute Gasteiger partial charge is 0.405 e. The molecule has 1 N–H and O–H groups in total. The zero-order chi connectivity index (χ0) is 7.78. The van der Waals surface area contributed by atoms with Gasteiger partial charge in [-0.3, -0.25) is 4.79 Å². The van der Waals surface area contributed by atoms with E-state index in [0.717, 1.165) is 0 Å². The molecule has 1 aliphatic rings. The van der Waals surface area contributed by atoms with Crippen LogP contribution in [-0.4, -0.2) is 25.8 Å². The molecule has 0 radical (unpaired) electrons. The highest BCUT2D eigenvalue weighted by molar-refractivity contribution is 7.82. The van der Waals surface area contributed by atoms with E-state index in [1.807, 2.05) is 0 Å². The molecular weight excluding hydrogens is 164 g/mol. The molecule has 58 valence electrons. The van der Waals surface area contributed by atoms with Crippen LogP contribution >= 0.6 is 0 Å². The maximum absolute atomic E-state index is 10.0. The standard InChI is InChI=1S/C3H4O6S/c4-2(5)1-3-8-10(6,7)9-3/h3H,1H2,(H,4,5). The van der Waals surface area contributed by atoms with Crippen molar-refractivity contribution in [3.8, 4) is 0 Å². The molecule has 0 bridgehead atoms. The van der Waals surface area contributed by atoms with Gasteiger partial charge in [-0.25, -0.2) is 8.37 Å². The molecule has 0 aliphatic carbocycles. The molecule has 0 aromatic carbocycles. The van der Waals surface area contributed by atoms with E-state index in [1.165, 1.54) is 0 Å². The molecular formula is C3H4O6S. The van der Waals surface area contributed by atoms with Crippen LogP contribution in [0.2, 0.25) is 0 Å². The number of aliphatic carboxylic acids is 1. The van der Waals surface area contributed by atoms with E-state index in [0.29, 0.717) is 0 Å². The third-order valence-electron chi connectivity index (χ3n) is 0.792. The topological polar surface area (TPSA) is 89.9 Å². The van der Waals surface area contributed by atoms with Gasteiger partial charge in [0.15, 0.2) is 0 Å². The Balaban J connectivity index is 2.34. The molecule has 1 rings (SSSR count). The predicted octanol–water partition coefficient (Wildman–Crippen LogP) is -0.921. The van der Waals surface area contributed by atoms with E-state index < -0.39 is 29.1 Å². The van der Waals surface area contributed by atoms with Crippen molar-refractivity contribution >= 4 is 16.4 Å². The highest BCUT2D eigenvalue weighted by atomic mass is 32.3. The lowest BCUT2D eigenvalue weighted by Crippen LogP contribution is -2.37. The first-order valence-electron chi connectivity index (χ1n) is 2.33. The number of rotatable bonds is 2. The van der Waals surface area contributed by atoms with Gasteiger partial charge < -0.3 is 5.11 Å². The molecule has 0 spiro atoms. The zero-order valence-electron chi connectivity index (χ0n) is 4.68. The van der Waals surface area contributed by atoms with Gasteiger partial charge in [0.1, 0.15) is 0 Å². The molecule has 0 aromatic rings. The molecule has 0 atom stereocenters. The van der Waals surface area contributed by atoms with Crippen molar-refractivity contribution < 1.29 is 26.7 Å². The summed E-state index contributed by atoms with van der Waals surface area (Å²) in [5.41, 5.74) is 0. The molecule has 1 heterocycles. The molecule has 10 heavy (non-hydrogen) atoms. The van der Waals surface area contributed by atoms with E-state index in [-0.39, 0.29) is 0 Å². The molecule has 0 aromatic heterocycles. The summed E-state index contributed by atoms with van der Waals surface area (Å²) in [6, 6.07) is 0. The molecule has 0 unspecified atom stereocenters. The normalized spacial score (nSPS) is 23.6. The Morgan fingerprint density at radius 1 is 1.50 bits per heavy atom. The monoisotopic (exact) mass is 168 g/mol. The average Bonchev–Trinajstić information content (AvgIpc) is 1.57. The summed E-state index contributed by atoms with van der Waals surface area (Å²) < 4.78 is 28.1. The van der Waals surface area contributed by atoms with Gasteiger partial charge >= 0.3 is 16.4 Å². The van der Waals surface area contributed by atoms with Crippen LogP contribution in [0.3, 0.4) is 0 Å². The first-order valence-corrected chi connectivity index (χ1v) is 3.66. The Bertz CT molecular complexity index is 228. The quantitative estimate of drug-likeness (QED) is 0.573. The number of carboxylic acids is 1. The number of hydrogen-bond acceptors (Lipinski definition) is 5. The first-order chi connectivity index (χ1) is 4.49. The van der Waals surface area contributed by atoms with Crippen LogP contribution in [0.25, 0.3) is 0 Å². The number of hydrogen-bond donors (Lipinski definition) is 1. The van der Waals surface area contributed by atoms with Crippen LogP contribution < -0.4 is 0 Å². The van der Waals surface area contributed by atoms with E-state index in [9.17, 15) is 13.2 Å². The summed E-state index contributed by atoms with van der Waals surface area (Å²) >= 11 is 0. The van der Waals surface area contributed by atoms with Gasteiger partial charge in [0.2, 0.25) is 6.29 Å². The fraction of sp³-hybridized carbons (Fsp3) is 0.667. The predicted molar refractivity (Wildman–Crippen MR) is 27.1 cm³/mol. The highest BCUT2D eigenvalue weighted by Gasteiger charge is 2.37. The van der Waals surface area contributed by atoms with E-state index >= 15 is 0 Å². The van der Waals surface area contributed by atoms with Gasteiger partial charge in [-0.05, 0) is 0 Å². The van der Waals surface area contributed by atoms with E-state index in [2.05, 4.69) is 8.37 Å². The minimum atomic E-state index is -3.84. The molecule has 6 nitrogen and oxygen atoms in total. The summed E-state index contributed by atoms with van der Waals surface area (Å²) in [5, 5.41) is 8.06. The largest absolute Gasteiger partial charge is 0.481 e. The molecule has 7 heteroatoms. The van der Waals surface area contributed by atoms with Gasteiger partial charge in [0, 0.05) is 0 Å². The van der Waals surface area contributed by atoms with Gasteiger partial charge in [-0.2, -0.15) is 8.42 Å². The van der Waals surface area contributed by atoms with E-state index in [1.54, 1.807) is 0 Å². The van der Waals surface area contributed by atoms with Crippen molar-refractivity contribution in [2.75, 3.05) is 0 Å². The lowest BCUT2D eigenvalue weighted by Gasteiger charge is -2.22. The van der Waals surface area contributed by atoms with Crippen LogP contribution in [0.4, 0.5) is 0 Å². The van der Waals surface area contributed by atoms with Crippen LogP contribution in [0, 0.1) is 0 Å². The van der Waals surface area contributed by atoms with Gasteiger partial charge in [-0.15, -0.1) is 0 Å². The molecule has 0 amide bonds. The first kappa shape index (κ1) is 7.45. The second-order valence-corrected chi connectivity index (χ2v) is 2.83. The maximum Gasteiger partial charge on any atom is 0.405 e. The second-order valence-electron chi connectivity index (χ2n) is 1.63. The Morgan fingerprint density at radius 2 is 2.00 bits per heavy atom. The minimum Gasteiger partial charge on any atom is -0.481 e. The van der Waals surface area contributed by atoms with Crippen molar-refractivity contribution in [2.45, 2.75) is 12.7 Å². The average molecular weight is 168 g/mol. The number of carbonyl (C=O) groups is 1. The summed E-state index contributed by atoms with van der Waals surface area (Å²) in [5.74, 6) is -1.17. The Kier molecular flexibility index (Phi) is 1.63. The Hall–Kier alpha value is -0.660. The van der Waals surface area contributed by atoms with Crippen molar-refractivity contribution in [1.29, 1.82) is 0 Å². The molecule has 0 saturated carbocycles. The third kappa shape index (κ3) is 1.66. The van der Waals surface area contributed by atoms with Gasteiger partial charge in [0.25, 0.3) is 0 Å².